The highest BCUT2D eigenvalue weighted by Crippen LogP contribution is 2.26. The van der Waals surface area contributed by atoms with Gasteiger partial charge < -0.3 is 9.42 Å². The third kappa shape index (κ3) is 4.64. The van der Waals surface area contributed by atoms with Gasteiger partial charge >= 0.3 is 11.8 Å². The Hall–Kier alpha value is -3.27. The average molecular weight is 459 g/mol. The number of halogens is 1. The zero-order valence-corrected chi connectivity index (χ0v) is 18.4. The molecule has 0 aliphatic carbocycles. The number of benzene rings is 2. The maximum absolute atomic E-state index is 13.9. The van der Waals surface area contributed by atoms with Crippen LogP contribution in [0, 0.1) is 12.7 Å². The van der Waals surface area contributed by atoms with Gasteiger partial charge in [0.2, 0.25) is 5.82 Å². The van der Waals surface area contributed by atoms with E-state index < -0.39 is 15.8 Å². The third-order valence-electron chi connectivity index (χ3n) is 5.36. The van der Waals surface area contributed by atoms with Gasteiger partial charge in [0.05, 0.1) is 10.6 Å². The molecule has 1 aliphatic heterocycles. The fourth-order valence-corrected chi connectivity index (χ4v) is 4.95. The Labute approximate surface area is 185 Å². The normalized spacial score (nSPS) is 14.8. The van der Waals surface area contributed by atoms with E-state index in [0.29, 0.717) is 24.2 Å². The second kappa shape index (κ2) is 9.07. The number of carbonyl (C=O) groups is 1. The van der Waals surface area contributed by atoms with Crippen molar-refractivity contribution in [1.82, 2.24) is 15.0 Å². The van der Waals surface area contributed by atoms with Crippen LogP contribution >= 0.6 is 0 Å². The molecule has 2 heterocycles. The Morgan fingerprint density at radius 1 is 1.09 bits per heavy atom. The summed E-state index contributed by atoms with van der Waals surface area (Å²) in [4.78, 5) is 18.5. The van der Waals surface area contributed by atoms with Crippen LogP contribution in [0.4, 0.5) is 10.1 Å². The first-order chi connectivity index (χ1) is 15.3. The van der Waals surface area contributed by atoms with Crippen molar-refractivity contribution in [3.8, 4) is 11.4 Å². The number of para-hydroxylation sites is 1. The fraction of sp³-hybridized carbons (Fsp3) is 0.318. The predicted octanol–water partition coefficient (Wildman–Crippen LogP) is 4.00. The summed E-state index contributed by atoms with van der Waals surface area (Å²) >= 11 is 0. The number of nitrogens with one attached hydrogen (secondary N) is 1. The molecular weight excluding hydrogens is 435 g/mol. The third-order valence-corrected chi connectivity index (χ3v) is 6.86. The quantitative estimate of drug-likeness (QED) is 0.620. The molecule has 2 aromatic carbocycles. The van der Waals surface area contributed by atoms with Crippen molar-refractivity contribution in [3.05, 3.63) is 59.7 Å². The zero-order chi connectivity index (χ0) is 22.7. The van der Waals surface area contributed by atoms with Gasteiger partial charge in [-0.2, -0.15) is 4.98 Å². The second-order valence-corrected chi connectivity index (χ2v) is 9.35. The molecule has 0 spiro atoms. The largest absolute Gasteiger partial charge is 0.334 e. The molecule has 168 valence electrons. The lowest BCUT2D eigenvalue weighted by molar-refractivity contribution is 0.0711. The summed E-state index contributed by atoms with van der Waals surface area (Å²) in [5.74, 6) is -1.03. The van der Waals surface area contributed by atoms with Crippen LogP contribution in [0.25, 0.3) is 11.4 Å². The Bertz CT molecular complexity index is 1230. The molecule has 1 N–H and O–H groups in total. The minimum atomic E-state index is -4.08. The van der Waals surface area contributed by atoms with Crippen LogP contribution in [-0.2, 0) is 10.0 Å². The number of aryl methyl sites for hydroxylation is 1. The number of sulfonamides is 1. The van der Waals surface area contributed by atoms with Gasteiger partial charge in [0, 0.05) is 18.7 Å². The summed E-state index contributed by atoms with van der Waals surface area (Å²) in [5.41, 5.74) is 0.673. The van der Waals surface area contributed by atoms with E-state index in [1.165, 1.54) is 30.3 Å². The Kier molecular flexibility index (Phi) is 6.22. The molecule has 10 heteroatoms. The molecule has 0 unspecified atom stereocenters. The molecule has 1 aromatic heterocycles. The van der Waals surface area contributed by atoms with E-state index in [1.807, 2.05) is 0 Å². The lowest BCUT2D eigenvalue weighted by atomic mass is 10.1. The Morgan fingerprint density at radius 2 is 1.81 bits per heavy atom. The molecule has 3 aromatic rings. The topological polar surface area (TPSA) is 105 Å². The highest BCUT2D eigenvalue weighted by atomic mass is 32.2. The molecule has 0 saturated carbocycles. The average Bonchev–Trinajstić information content (AvgIpc) is 3.10. The van der Waals surface area contributed by atoms with E-state index in [9.17, 15) is 17.6 Å². The summed E-state index contributed by atoms with van der Waals surface area (Å²) < 4.78 is 47.2. The van der Waals surface area contributed by atoms with Crippen LogP contribution in [0.2, 0.25) is 0 Å². The number of nitrogens with zero attached hydrogens (tertiary/aromatic N) is 3. The molecule has 1 saturated heterocycles. The molecule has 8 nitrogen and oxygen atoms in total. The summed E-state index contributed by atoms with van der Waals surface area (Å²) in [6.45, 7) is 2.92. The van der Waals surface area contributed by atoms with Crippen LogP contribution in [0.5, 0.6) is 0 Å². The first kappa shape index (κ1) is 21.9. The van der Waals surface area contributed by atoms with Crippen LogP contribution in [0.3, 0.4) is 0 Å². The van der Waals surface area contributed by atoms with E-state index in [1.54, 1.807) is 24.0 Å². The van der Waals surface area contributed by atoms with Gasteiger partial charge in [-0.3, -0.25) is 9.52 Å². The number of likely N-dealkylation sites (tertiary alicyclic amines) is 1. The van der Waals surface area contributed by atoms with Gasteiger partial charge in [0.1, 0.15) is 5.82 Å². The number of hydrogen-bond acceptors (Lipinski definition) is 6. The number of amides is 1. The van der Waals surface area contributed by atoms with Gasteiger partial charge in [0.15, 0.2) is 0 Å². The van der Waals surface area contributed by atoms with Crippen molar-refractivity contribution in [2.24, 2.45) is 0 Å². The van der Waals surface area contributed by atoms with E-state index >= 15 is 0 Å². The number of aromatic nitrogens is 2. The maximum Gasteiger partial charge on any atom is 0.316 e. The van der Waals surface area contributed by atoms with Crippen LogP contribution in [0.1, 0.15) is 41.9 Å². The molecule has 0 radical (unpaired) electrons. The lowest BCUT2D eigenvalue weighted by Gasteiger charge is -2.17. The number of anilines is 1. The summed E-state index contributed by atoms with van der Waals surface area (Å²) in [6.07, 6.45) is 4.03. The molecule has 1 amide bonds. The predicted molar refractivity (Wildman–Crippen MR) is 116 cm³/mol. The van der Waals surface area contributed by atoms with Crippen molar-refractivity contribution >= 4 is 21.6 Å². The van der Waals surface area contributed by atoms with Crippen molar-refractivity contribution in [2.45, 2.75) is 37.5 Å². The van der Waals surface area contributed by atoms with Gasteiger partial charge in [-0.25, -0.2) is 12.8 Å². The standard InChI is InChI=1S/C22H23FN4O4S/c1-15-10-11-16(14-19(15)32(29,30)26-18-9-5-4-8-17(18)23)20-24-21(31-25-20)22(28)27-12-6-2-3-7-13-27/h4-5,8-11,14,26H,2-3,6-7,12-13H2,1H3. The molecule has 0 atom stereocenters. The van der Waals surface area contributed by atoms with Crippen molar-refractivity contribution < 1.29 is 22.1 Å². The molecular formula is C22H23FN4O4S. The van der Waals surface area contributed by atoms with Gasteiger partial charge in [0.25, 0.3) is 10.0 Å². The fourth-order valence-electron chi connectivity index (χ4n) is 3.61. The smallest absolute Gasteiger partial charge is 0.316 e. The van der Waals surface area contributed by atoms with Gasteiger partial charge in [-0.05, 0) is 43.5 Å². The first-order valence-electron chi connectivity index (χ1n) is 10.4. The SMILES string of the molecule is Cc1ccc(-c2noc(C(=O)N3CCCCCC3)n2)cc1S(=O)(=O)Nc1ccccc1F. The van der Waals surface area contributed by atoms with Crippen LogP contribution < -0.4 is 4.72 Å². The minimum Gasteiger partial charge on any atom is -0.334 e. The first-order valence-corrected chi connectivity index (χ1v) is 11.8. The van der Waals surface area contributed by atoms with Crippen molar-refractivity contribution in [2.75, 3.05) is 17.8 Å². The molecule has 4 rings (SSSR count). The van der Waals surface area contributed by atoms with E-state index in [-0.39, 0.29) is 28.2 Å². The summed E-state index contributed by atoms with van der Waals surface area (Å²) in [5, 5.41) is 3.87. The highest BCUT2D eigenvalue weighted by Gasteiger charge is 2.25. The molecule has 0 bridgehead atoms. The Morgan fingerprint density at radius 3 is 2.53 bits per heavy atom. The van der Waals surface area contributed by atoms with Gasteiger partial charge in [-0.1, -0.05) is 42.3 Å². The zero-order valence-electron chi connectivity index (χ0n) is 17.5. The van der Waals surface area contributed by atoms with Crippen LogP contribution in [-0.4, -0.2) is 42.5 Å². The number of rotatable bonds is 5. The minimum absolute atomic E-state index is 0.0524. The van der Waals surface area contributed by atoms with E-state index in [0.717, 1.165) is 25.7 Å². The molecule has 1 aliphatic rings. The van der Waals surface area contributed by atoms with E-state index in [4.69, 9.17) is 4.52 Å². The molecule has 32 heavy (non-hydrogen) atoms. The number of carbonyl (C=O) groups excluding carboxylic acids is 1. The Balaban J connectivity index is 1.60. The van der Waals surface area contributed by atoms with Crippen LogP contribution in [0.15, 0.2) is 51.9 Å². The lowest BCUT2D eigenvalue weighted by Crippen LogP contribution is -2.32. The second-order valence-electron chi connectivity index (χ2n) is 7.70. The van der Waals surface area contributed by atoms with Gasteiger partial charge in [-0.15, -0.1) is 0 Å². The highest BCUT2D eigenvalue weighted by molar-refractivity contribution is 7.92. The van der Waals surface area contributed by atoms with E-state index in [2.05, 4.69) is 14.9 Å². The monoisotopic (exact) mass is 458 g/mol. The van der Waals surface area contributed by atoms with Crippen molar-refractivity contribution in [1.29, 1.82) is 0 Å². The summed E-state index contributed by atoms with van der Waals surface area (Å²) in [7, 11) is -4.08. The van der Waals surface area contributed by atoms with Crippen molar-refractivity contribution in [3.63, 3.8) is 0 Å². The summed E-state index contributed by atoms with van der Waals surface area (Å²) in [6, 6.07) is 10.1. The maximum atomic E-state index is 13.9. The molecule has 1 fully saturated rings. The number of hydrogen-bond donors (Lipinski definition) is 1.